The van der Waals surface area contributed by atoms with Gasteiger partial charge in [0.05, 0.1) is 17.7 Å². The Kier molecular flexibility index (Phi) is 7.21. The van der Waals surface area contributed by atoms with E-state index >= 15 is 0 Å². The number of methoxy groups -OCH3 is 1. The van der Waals surface area contributed by atoms with Crippen molar-refractivity contribution < 1.29 is 19.1 Å². The molecule has 4 aromatic rings. The van der Waals surface area contributed by atoms with Crippen molar-refractivity contribution in [3.63, 3.8) is 0 Å². The number of carbonyl (C=O) groups excluding carboxylic acids is 2. The van der Waals surface area contributed by atoms with E-state index in [1.54, 1.807) is 48.5 Å². The van der Waals surface area contributed by atoms with E-state index in [9.17, 15) is 9.59 Å². The number of rotatable bonds is 7. The van der Waals surface area contributed by atoms with Crippen LogP contribution in [-0.2, 0) is 0 Å². The number of ketones is 1. The third-order valence-corrected chi connectivity index (χ3v) is 5.52. The first-order chi connectivity index (χ1) is 16.5. The van der Waals surface area contributed by atoms with Crippen molar-refractivity contribution in [3.05, 3.63) is 125 Å². The van der Waals surface area contributed by atoms with E-state index in [-0.39, 0.29) is 17.1 Å². The zero-order valence-electron chi connectivity index (χ0n) is 18.4. The summed E-state index contributed by atoms with van der Waals surface area (Å²) in [7, 11) is 1.48. The third kappa shape index (κ3) is 5.42. The minimum Gasteiger partial charge on any atom is -0.493 e. The summed E-state index contributed by atoms with van der Waals surface area (Å²) >= 11 is 6.07. The lowest BCUT2D eigenvalue weighted by Gasteiger charge is -2.10. The lowest BCUT2D eigenvalue weighted by Crippen LogP contribution is -2.09. The maximum Gasteiger partial charge on any atom is 0.345 e. The molecule has 0 N–H and O–H groups in total. The summed E-state index contributed by atoms with van der Waals surface area (Å²) < 4.78 is 10.8. The minimum absolute atomic E-state index is 0.118. The molecule has 0 aliphatic carbocycles. The Hall–Kier alpha value is -4.15. The van der Waals surface area contributed by atoms with Crippen LogP contribution in [0.2, 0.25) is 5.02 Å². The number of halogens is 1. The quantitative estimate of drug-likeness (QED) is 0.125. The summed E-state index contributed by atoms with van der Waals surface area (Å²) in [6.07, 6.45) is 3.19. The molecule has 0 fully saturated rings. The van der Waals surface area contributed by atoms with Crippen molar-refractivity contribution >= 4 is 29.4 Å². The van der Waals surface area contributed by atoms with Crippen molar-refractivity contribution in [2.24, 2.45) is 0 Å². The van der Waals surface area contributed by atoms with E-state index < -0.39 is 5.97 Å². The molecule has 0 radical (unpaired) electrons. The molecule has 0 aliphatic rings. The maximum atomic E-state index is 12.6. The van der Waals surface area contributed by atoms with Crippen LogP contribution in [-0.4, -0.2) is 18.9 Å². The summed E-state index contributed by atoms with van der Waals surface area (Å²) in [4.78, 5) is 25.1. The molecule has 0 aromatic heterocycles. The highest BCUT2D eigenvalue weighted by atomic mass is 35.5. The van der Waals surface area contributed by atoms with Gasteiger partial charge >= 0.3 is 5.97 Å². The molecule has 168 valence electrons. The minimum atomic E-state index is -0.582. The second-order valence-electron chi connectivity index (χ2n) is 7.42. The van der Waals surface area contributed by atoms with Gasteiger partial charge in [-0.15, -0.1) is 0 Å². The van der Waals surface area contributed by atoms with E-state index in [4.69, 9.17) is 21.1 Å². The standard InChI is InChI=1S/C29H21ClO4/c1-33-28-19-20(12-18-27(28)34-29(32)24-9-5-6-10-25(24)30)11-17-26(31)23-15-13-22(14-16-23)21-7-3-2-4-8-21/h2-19H,1H3. The van der Waals surface area contributed by atoms with Gasteiger partial charge in [0.1, 0.15) is 0 Å². The number of esters is 1. The zero-order chi connectivity index (χ0) is 23.9. The van der Waals surface area contributed by atoms with Crippen molar-refractivity contribution in [3.8, 4) is 22.6 Å². The van der Waals surface area contributed by atoms with Crippen LogP contribution in [0.5, 0.6) is 11.5 Å². The zero-order valence-corrected chi connectivity index (χ0v) is 19.2. The predicted molar refractivity (Wildman–Crippen MR) is 135 cm³/mol. The fourth-order valence-electron chi connectivity index (χ4n) is 3.38. The second kappa shape index (κ2) is 10.6. The van der Waals surface area contributed by atoms with E-state index in [0.717, 1.165) is 16.7 Å². The van der Waals surface area contributed by atoms with Crippen LogP contribution < -0.4 is 9.47 Å². The smallest absolute Gasteiger partial charge is 0.345 e. The van der Waals surface area contributed by atoms with E-state index in [0.29, 0.717) is 16.3 Å². The van der Waals surface area contributed by atoms with Gasteiger partial charge in [0.15, 0.2) is 17.3 Å². The van der Waals surface area contributed by atoms with E-state index in [1.165, 1.54) is 13.2 Å². The molecule has 0 bridgehead atoms. The normalized spacial score (nSPS) is 10.8. The van der Waals surface area contributed by atoms with Gasteiger partial charge in [0, 0.05) is 5.56 Å². The van der Waals surface area contributed by atoms with Gasteiger partial charge in [-0.1, -0.05) is 90.5 Å². The number of allylic oxidation sites excluding steroid dienone is 1. The molecule has 0 amide bonds. The number of hydrogen-bond acceptors (Lipinski definition) is 4. The van der Waals surface area contributed by atoms with Crippen LogP contribution >= 0.6 is 11.6 Å². The molecule has 4 rings (SSSR count). The Bertz CT molecular complexity index is 1340. The lowest BCUT2D eigenvalue weighted by molar-refractivity contribution is 0.0729. The molecule has 0 heterocycles. The molecule has 4 aromatic carbocycles. The van der Waals surface area contributed by atoms with Crippen molar-refractivity contribution in [2.45, 2.75) is 0 Å². The Labute approximate surface area is 203 Å². The number of carbonyl (C=O) groups is 2. The Balaban J connectivity index is 1.46. The average molecular weight is 469 g/mol. The van der Waals surface area contributed by atoms with Crippen molar-refractivity contribution in [1.29, 1.82) is 0 Å². The average Bonchev–Trinajstić information content (AvgIpc) is 2.88. The van der Waals surface area contributed by atoms with Gasteiger partial charge in [-0.3, -0.25) is 4.79 Å². The maximum absolute atomic E-state index is 12.6. The predicted octanol–water partition coefficient (Wildman–Crippen LogP) is 7.13. The summed E-state index contributed by atoms with van der Waals surface area (Å²) in [6, 6.07) is 29.2. The molecule has 34 heavy (non-hydrogen) atoms. The molecule has 5 heteroatoms. The topological polar surface area (TPSA) is 52.6 Å². The van der Waals surface area contributed by atoms with Crippen LogP contribution in [0.1, 0.15) is 26.3 Å². The van der Waals surface area contributed by atoms with E-state index in [2.05, 4.69) is 0 Å². The Morgan fingerprint density at radius 1 is 0.765 bits per heavy atom. The van der Waals surface area contributed by atoms with Crippen molar-refractivity contribution in [1.82, 2.24) is 0 Å². The van der Waals surface area contributed by atoms with Gasteiger partial charge < -0.3 is 9.47 Å². The Morgan fingerprint density at radius 2 is 1.44 bits per heavy atom. The van der Waals surface area contributed by atoms with Gasteiger partial charge in [0.25, 0.3) is 0 Å². The van der Waals surface area contributed by atoms with E-state index in [1.807, 2.05) is 54.6 Å². The highest BCUT2D eigenvalue weighted by Gasteiger charge is 2.15. The van der Waals surface area contributed by atoms with Gasteiger partial charge in [-0.2, -0.15) is 0 Å². The number of hydrogen-bond donors (Lipinski definition) is 0. The summed E-state index contributed by atoms with van der Waals surface area (Å²) in [5, 5.41) is 0.307. The monoisotopic (exact) mass is 468 g/mol. The molecule has 0 saturated heterocycles. The van der Waals surface area contributed by atoms with Crippen LogP contribution in [0, 0.1) is 0 Å². The fourth-order valence-corrected chi connectivity index (χ4v) is 3.59. The number of ether oxygens (including phenoxy) is 2. The van der Waals surface area contributed by atoms with Crippen LogP contribution in [0.3, 0.4) is 0 Å². The van der Waals surface area contributed by atoms with Gasteiger partial charge in [0.2, 0.25) is 0 Å². The first-order valence-corrected chi connectivity index (χ1v) is 11.0. The highest BCUT2D eigenvalue weighted by Crippen LogP contribution is 2.30. The Morgan fingerprint density at radius 3 is 2.15 bits per heavy atom. The van der Waals surface area contributed by atoms with Gasteiger partial charge in [-0.25, -0.2) is 4.79 Å². The molecule has 0 aliphatic heterocycles. The van der Waals surface area contributed by atoms with Crippen LogP contribution in [0.4, 0.5) is 0 Å². The summed E-state index contributed by atoms with van der Waals surface area (Å²) in [6.45, 7) is 0. The number of benzene rings is 4. The summed E-state index contributed by atoms with van der Waals surface area (Å²) in [5.74, 6) is -0.0799. The van der Waals surface area contributed by atoms with Crippen molar-refractivity contribution in [2.75, 3.05) is 7.11 Å². The lowest BCUT2D eigenvalue weighted by atomic mass is 10.0. The molecule has 0 saturated carbocycles. The molecular weight excluding hydrogens is 448 g/mol. The molecule has 0 spiro atoms. The first kappa shape index (κ1) is 23.0. The first-order valence-electron chi connectivity index (χ1n) is 10.6. The second-order valence-corrected chi connectivity index (χ2v) is 7.83. The molecule has 0 unspecified atom stereocenters. The largest absolute Gasteiger partial charge is 0.493 e. The molecule has 4 nitrogen and oxygen atoms in total. The van der Waals surface area contributed by atoms with Gasteiger partial charge in [-0.05, 0) is 47.0 Å². The van der Waals surface area contributed by atoms with Crippen LogP contribution in [0.15, 0.2) is 103 Å². The summed E-state index contributed by atoms with van der Waals surface area (Å²) in [5.41, 5.74) is 3.73. The van der Waals surface area contributed by atoms with Crippen LogP contribution in [0.25, 0.3) is 17.2 Å². The SMILES string of the molecule is COc1cc(C=CC(=O)c2ccc(-c3ccccc3)cc2)ccc1OC(=O)c1ccccc1Cl. The molecular formula is C29H21ClO4. The fraction of sp³-hybridized carbons (Fsp3) is 0.0345. The third-order valence-electron chi connectivity index (χ3n) is 5.19. The highest BCUT2D eigenvalue weighted by molar-refractivity contribution is 6.33. The molecule has 0 atom stereocenters.